The summed E-state index contributed by atoms with van der Waals surface area (Å²) >= 11 is 1.72. The molecule has 0 aliphatic carbocycles. The van der Waals surface area contributed by atoms with Crippen LogP contribution in [-0.2, 0) is 0 Å². The minimum atomic E-state index is -0.490. The third kappa shape index (κ3) is 4.33. The molecule has 0 bridgehead atoms. The van der Waals surface area contributed by atoms with Crippen molar-refractivity contribution in [3.8, 4) is 11.5 Å². The molecule has 0 spiro atoms. The quantitative estimate of drug-likeness (QED) is 0.499. The second kappa shape index (κ2) is 7.79. The van der Waals surface area contributed by atoms with Gasteiger partial charge >= 0.3 is 7.12 Å². The van der Waals surface area contributed by atoms with Gasteiger partial charge in [-0.05, 0) is 42.7 Å². The van der Waals surface area contributed by atoms with E-state index in [2.05, 4.69) is 18.4 Å². The van der Waals surface area contributed by atoms with E-state index in [4.69, 9.17) is 9.31 Å². The fourth-order valence-electron chi connectivity index (χ4n) is 2.17. The molecule has 4 heteroatoms. The van der Waals surface area contributed by atoms with Gasteiger partial charge in [-0.1, -0.05) is 48.5 Å². The van der Waals surface area contributed by atoms with E-state index in [9.17, 15) is 0 Å². The zero-order chi connectivity index (χ0) is 15.9. The minimum absolute atomic E-state index is 0.490. The fraction of sp³-hybridized carbons (Fsp3) is 0.0526. The Balaban J connectivity index is 1.85. The number of rotatable bonds is 6. The second-order valence-electron chi connectivity index (χ2n) is 4.97. The first-order valence-electron chi connectivity index (χ1n) is 7.42. The minimum Gasteiger partial charge on any atom is -0.522 e. The van der Waals surface area contributed by atoms with Crippen molar-refractivity contribution in [3.63, 3.8) is 0 Å². The monoisotopic (exact) mass is 320 g/mol. The van der Waals surface area contributed by atoms with Crippen LogP contribution in [0, 0.1) is 0 Å². The standard InChI is InChI=1S/C19H17BO2S/c1-23-19-14-12-16(13-15-19)20(21-17-8-4-2-5-9-17)22-18-10-6-3-7-11-18/h2-15H,1H3. The van der Waals surface area contributed by atoms with Crippen molar-refractivity contribution < 1.29 is 9.31 Å². The molecule has 0 fully saturated rings. The molecular formula is C19H17BO2S. The average Bonchev–Trinajstić information content (AvgIpc) is 2.63. The third-order valence-electron chi connectivity index (χ3n) is 3.36. The molecule has 0 aromatic heterocycles. The summed E-state index contributed by atoms with van der Waals surface area (Å²) in [5, 5.41) is 0. The summed E-state index contributed by atoms with van der Waals surface area (Å²) in [6.45, 7) is 0. The summed E-state index contributed by atoms with van der Waals surface area (Å²) in [6.07, 6.45) is 2.06. The molecule has 0 heterocycles. The molecule has 3 rings (SSSR count). The maximum Gasteiger partial charge on any atom is 0.632 e. The number of thioether (sulfide) groups is 1. The van der Waals surface area contributed by atoms with Gasteiger partial charge in [0.2, 0.25) is 0 Å². The highest BCUT2D eigenvalue weighted by Crippen LogP contribution is 2.16. The lowest BCUT2D eigenvalue weighted by Gasteiger charge is -2.17. The van der Waals surface area contributed by atoms with E-state index in [1.54, 1.807) is 11.8 Å². The smallest absolute Gasteiger partial charge is 0.522 e. The van der Waals surface area contributed by atoms with Crippen LogP contribution in [0.5, 0.6) is 11.5 Å². The van der Waals surface area contributed by atoms with E-state index in [0.29, 0.717) is 0 Å². The maximum absolute atomic E-state index is 6.05. The molecule has 3 aromatic carbocycles. The molecule has 0 N–H and O–H groups in total. The molecular weight excluding hydrogens is 303 g/mol. The predicted molar refractivity (Wildman–Crippen MR) is 97.8 cm³/mol. The van der Waals surface area contributed by atoms with E-state index in [1.807, 2.05) is 72.8 Å². The first-order chi connectivity index (χ1) is 11.3. The number of hydrogen-bond donors (Lipinski definition) is 0. The molecule has 0 radical (unpaired) electrons. The van der Waals surface area contributed by atoms with Crippen LogP contribution in [0.15, 0.2) is 89.8 Å². The summed E-state index contributed by atoms with van der Waals surface area (Å²) in [5.74, 6) is 1.56. The van der Waals surface area contributed by atoms with Crippen molar-refractivity contribution in [1.29, 1.82) is 0 Å². The van der Waals surface area contributed by atoms with Crippen LogP contribution in [0.25, 0.3) is 0 Å². The van der Waals surface area contributed by atoms with Gasteiger partial charge < -0.3 is 9.31 Å². The van der Waals surface area contributed by atoms with Gasteiger partial charge in [-0.2, -0.15) is 0 Å². The van der Waals surface area contributed by atoms with E-state index >= 15 is 0 Å². The highest BCUT2D eigenvalue weighted by molar-refractivity contribution is 7.98. The zero-order valence-electron chi connectivity index (χ0n) is 12.9. The Kier molecular flexibility index (Phi) is 5.27. The van der Waals surface area contributed by atoms with Gasteiger partial charge in [-0.25, -0.2) is 0 Å². The van der Waals surface area contributed by atoms with Crippen LogP contribution in [0.3, 0.4) is 0 Å². The Labute approximate surface area is 141 Å². The summed E-state index contributed by atoms with van der Waals surface area (Å²) in [4.78, 5) is 1.21. The van der Waals surface area contributed by atoms with Crippen molar-refractivity contribution in [2.45, 2.75) is 4.90 Å². The topological polar surface area (TPSA) is 18.5 Å². The molecule has 0 aliphatic rings. The van der Waals surface area contributed by atoms with Crippen molar-refractivity contribution in [2.24, 2.45) is 0 Å². The summed E-state index contributed by atoms with van der Waals surface area (Å²) in [7, 11) is -0.490. The Hall–Kier alpha value is -2.33. The number of hydrogen-bond acceptors (Lipinski definition) is 3. The van der Waals surface area contributed by atoms with Gasteiger partial charge in [0.25, 0.3) is 0 Å². The van der Waals surface area contributed by atoms with E-state index in [1.165, 1.54) is 4.90 Å². The normalized spacial score (nSPS) is 10.1. The molecule has 23 heavy (non-hydrogen) atoms. The van der Waals surface area contributed by atoms with Gasteiger partial charge in [0.05, 0.1) is 0 Å². The SMILES string of the molecule is CSc1ccc(B(Oc2ccccc2)Oc2ccccc2)cc1. The maximum atomic E-state index is 6.05. The van der Waals surface area contributed by atoms with Gasteiger partial charge in [0, 0.05) is 10.4 Å². The molecule has 0 aliphatic heterocycles. The zero-order valence-corrected chi connectivity index (χ0v) is 13.7. The Morgan fingerprint density at radius 1 is 0.652 bits per heavy atom. The Morgan fingerprint density at radius 2 is 1.13 bits per heavy atom. The predicted octanol–water partition coefficient (Wildman–Crippen LogP) is 4.26. The van der Waals surface area contributed by atoms with Crippen LogP contribution >= 0.6 is 11.8 Å². The number of benzene rings is 3. The lowest BCUT2D eigenvalue weighted by molar-refractivity contribution is 0.439. The van der Waals surface area contributed by atoms with E-state index < -0.39 is 7.12 Å². The first-order valence-corrected chi connectivity index (χ1v) is 8.65. The lowest BCUT2D eigenvalue weighted by atomic mass is 9.78. The van der Waals surface area contributed by atoms with Crippen LogP contribution < -0.4 is 14.8 Å². The van der Waals surface area contributed by atoms with Gasteiger partial charge in [-0.3, -0.25) is 0 Å². The van der Waals surface area contributed by atoms with E-state index in [0.717, 1.165) is 17.0 Å². The van der Waals surface area contributed by atoms with Crippen molar-refractivity contribution >= 4 is 24.3 Å². The van der Waals surface area contributed by atoms with Crippen molar-refractivity contribution in [2.75, 3.05) is 6.26 Å². The molecule has 0 saturated carbocycles. The lowest BCUT2D eigenvalue weighted by Crippen LogP contribution is -2.42. The Morgan fingerprint density at radius 3 is 1.57 bits per heavy atom. The highest BCUT2D eigenvalue weighted by Gasteiger charge is 2.26. The highest BCUT2D eigenvalue weighted by atomic mass is 32.2. The van der Waals surface area contributed by atoms with Gasteiger partial charge in [-0.15, -0.1) is 11.8 Å². The molecule has 114 valence electrons. The largest absolute Gasteiger partial charge is 0.632 e. The molecule has 2 nitrogen and oxygen atoms in total. The second-order valence-corrected chi connectivity index (χ2v) is 5.85. The first kappa shape index (κ1) is 15.6. The number of para-hydroxylation sites is 2. The van der Waals surface area contributed by atoms with Crippen LogP contribution in [-0.4, -0.2) is 13.4 Å². The van der Waals surface area contributed by atoms with Crippen LogP contribution in [0.4, 0.5) is 0 Å². The third-order valence-corrected chi connectivity index (χ3v) is 4.10. The van der Waals surface area contributed by atoms with Gasteiger partial charge in [0.15, 0.2) is 0 Å². The molecule has 0 atom stereocenters. The summed E-state index contributed by atoms with van der Waals surface area (Å²) < 4.78 is 12.1. The fourth-order valence-corrected chi connectivity index (χ4v) is 2.57. The van der Waals surface area contributed by atoms with E-state index in [-0.39, 0.29) is 0 Å². The molecule has 3 aromatic rings. The Bertz CT molecular complexity index is 676. The van der Waals surface area contributed by atoms with Crippen molar-refractivity contribution in [3.05, 3.63) is 84.9 Å². The average molecular weight is 320 g/mol. The van der Waals surface area contributed by atoms with Gasteiger partial charge in [0.1, 0.15) is 11.5 Å². The molecule has 0 amide bonds. The molecule has 0 saturated heterocycles. The van der Waals surface area contributed by atoms with Crippen molar-refractivity contribution in [1.82, 2.24) is 0 Å². The van der Waals surface area contributed by atoms with Crippen LogP contribution in [0.2, 0.25) is 0 Å². The summed E-state index contributed by atoms with van der Waals surface area (Å²) in [5.41, 5.74) is 0.982. The summed E-state index contributed by atoms with van der Waals surface area (Å²) in [6, 6.07) is 27.7. The molecule has 0 unspecified atom stereocenters. The van der Waals surface area contributed by atoms with Crippen LogP contribution in [0.1, 0.15) is 0 Å².